The number of rotatable bonds is 5. The molecule has 0 atom stereocenters. The van der Waals surface area contributed by atoms with Gasteiger partial charge in [0.2, 0.25) is 17.8 Å². The molecule has 0 spiro atoms. The molecule has 0 saturated heterocycles. The topological polar surface area (TPSA) is 65.7 Å². The van der Waals surface area contributed by atoms with Crippen LogP contribution in [0, 0.1) is 5.95 Å². The summed E-state index contributed by atoms with van der Waals surface area (Å²) in [4.78, 5) is 16.7. The van der Waals surface area contributed by atoms with Crippen molar-refractivity contribution >= 4 is 22.6 Å². The van der Waals surface area contributed by atoms with Gasteiger partial charge in [-0.2, -0.15) is 9.37 Å². The lowest BCUT2D eigenvalue weighted by Crippen LogP contribution is -2.27. The molecule has 28 heavy (non-hydrogen) atoms. The molecule has 0 aliphatic carbocycles. The first kappa shape index (κ1) is 18.3. The molecular weight excluding hydrogens is 381 g/mol. The molecule has 0 saturated carbocycles. The molecule has 0 N–H and O–H groups in total. The first-order valence-corrected chi connectivity index (χ1v) is 9.02. The summed E-state index contributed by atoms with van der Waals surface area (Å²) in [6, 6.07) is 10.8. The molecule has 0 unspecified atom stereocenters. The third-order valence-electron chi connectivity index (χ3n) is 4.45. The second-order valence-electron chi connectivity index (χ2n) is 6.97. The monoisotopic (exact) mass is 397 g/mol. The predicted octanol–water partition coefficient (Wildman–Crippen LogP) is 4.36. The van der Waals surface area contributed by atoms with Crippen LogP contribution in [-0.2, 0) is 5.41 Å². The fourth-order valence-corrected chi connectivity index (χ4v) is 2.98. The maximum Gasteiger partial charge on any atom is 0.238 e. The number of aromatic nitrogens is 5. The fourth-order valence-electron chi connectivity index (χ4n) is 2.83. The molecule has 0 aliphatic heterocycles. The largest absolute Gasteiger partial charge is 0.476 e. The lowest BCUT2D eigenvalue weighted by Gasteiger charge is -2.25. The van der Waals surface area contributed by atoms with E-state index in [1.807, 2.05) is 38.1 Å². The Hall–Kier alpha value is -3.06. The van der Waals surface area contributed by atoms with Crippen LogP contribution in [0.3, 0.4) is 0 Å². The Morgan fingerprint density at radius 2 is 1.96 bits per heavy atom. The summed E-state index contributed by atoms with van der Waals surface area (Å²) in [5, 5.41) is 0.296. The maximum atomic E-state index is 13.5. The Morgan fingerprint density at radius 3 is 2.79 bits per heavy atom. The van der Waals surface area contributed by atoms with E-state index < -0.39 is 11.4 Å². The number of pyridine rings is 1. The summed E-state index contributed by atoms with van der Waals surface area (Å²) in [5.74, 6) is 0.132. The number of nitrogens with zero attached hydrogens (tertiary/aromatic N) is 5. The smallest absolute Gasteiger partial charge is 0.238 e. The second-order valence-corrected chi connectivity index (χ2v) is 7.37. The van der Waals surface area contributed by atoms with Crippen molar-refractivity contribution in [3.05, 3.63) is 71.7 Å². The Bertz CT molecular complexity index is 1140. The molecule has 4 aromatic rings. The van der Waals surface area contributed by atoms with E-state index in [1.165, 1.54) is 18.5 Å². The molecule has 0 aliphatic rings. The Balaban J connectivity index is 1.61. The van der Waals surface area contributed by atoms with Crippen LogP contribution < -0.4 is 4.74 Å². The normalized spacial score (nSPS) is 11.7. The second kappa shape index (κ2) is 7.16. The van der Waals surface area contributed by atoms with E-state index in [0.717, 1.165) is 16.6 Å². The van der Waals surface area contributed by atoms with Crippen molar-refractivity contribution in [2.45, 2.75) is 19.3 Å². The number of imidazole rings is 1. The molecular formula is C20H17ClFN5O. The molecule has 1 aromatic carbocycles. The molecule has 3 aromatic heterocycles. The highest BCUT2D eigenvalue weighted by molar-refractivity contribution is 6.31. The van der Waals surface area contributed by atoms with Crippen molar-refractivity contribution in [1.29, 1.82) is 0 Å². The third-order valence-corrected chi connectivity index (χ3v) is 4.71. The van der Waals surface area contributed by atoms with Crippen LogP contribution in [0.5, 0.6) is 5.88 Å². The number of fused-ring (bicyclic) bond motifs is 1. The highest BCUT2D eigenvalue weighted by Crippen LogP contribution is 2.28. The van der Waals surface area contributed by atoms with Gasteiger partial charge >= 0.3 is 0 Å². The number of halogens is 2. The quantitative estimate of drug-likeness (QED) is 0.468. The summed E-state index contributed by atoms with van der Waals surface area (Å²) < 4.78 is 21.1. The molecule has 3 heterocycles. The average molecular weight is 398 g/mol. The minimum absolute atomic E-state index is 0.247. The van der Waals surface area contributed by atoms with Crippen LogP contribution in [-0.4, -0.2) is 31.1 Å². The minimum atomic E-state index is -0.528. The SMILES string of the molecule is CC(C)(COc1nc(-n2cnc3ccccc32)ncc1Cl)c1ccnc(F)c1. The number of benzene rings is 1. The van der Waals surface area contributed by atoms with Gasteiger partial charge in [-0.3, -0.25) is 4.57 Å². The van der Waals surface area contributed by atoms with E-state index in [1.54, 1.807) is 17.0 Å². The maximum absolute atomic E-state index is 13.5. The van der Waals surface area contributed by atoms with Gasteiger partial charge in [0.25, 0.3) is 0 Å². The molecule has 6 nitrogen and oxygen atoms in total. The van der Waals surface area contributed by atoms with Gasteiger partial charge < -0.3 is 4.74 Å². The van der Waals surface area contributed by atoms with Crippen LogP contribution in [0.4, 0.5) is 4.39 Å². The fraction of sp³-hybridized carbons (Fsp3) is 0.200. The molecule has 0 radical (unpaired) electrons. The highest BCUT2D eigenvalue weighted by atomic mass is 35.5. The predicted molar refractivity (Wildman–Crippen MR) is 104 cm³/mol. The zero-order chi connectivity index (χ0) is 19.7. The van der Waals surface area contributed by atoms with Gasteiger partial charge in [-0.1, -0.05) is 37.6 Å². The van der Waals surface area contributed by atoms with E-state index in [2.05, 4.69) is 19.9 Å². The summed E-state index contributed by atoms with van der Waals surface area (Å²) in [7, 11) is 0. The van der Waals surface area contributed by atoms with Gasteiger partial charge in [-0.15, -0.1) is 0 Å². The zero-order valence-corrected chi connectivity index (χ0v) is 16.1. The van der Waals surface area contributed by atoms with Crippen molar-refractivity contribution in [3.8, 4) is 11.8 Å². The first-order chi connectivity index (χ1) is 13.4. The zero-order valence-electron chi connectivity index (χ0n) is 15.3. The van der Waals surface area contributed by atoms with Crippen LogP contribution in [0.2, 0.25) is 5.02 Å². The summed E-state index contributed by atoms with van der Waals surface area (Å²) in [6.45, 7) is 4.14. The Labute approximate surface area is 166 Å². The lowest BCUT2D eigenvalue weighted by molar-refractivity contribution is 0.231. The molecule has 0 fully saturated rings. The van der Waals surface area contributed by atoms with Crippen LogP contribution >= 0.6 is 11.6 Å². The van der Waals surface area contributed by atoms with Crippen LogP contribution in [0.1, 0.15) is 19.4 Å². The number of para-hydroxylation sites is 2. The molecule has 142 valence electrons. The minimum Gasteiger partial charge on any atom is -0.476 e. The van der Waals surface area contributed by atoms with Gasteiger partial charge in [0.15, 0.2) is 0 Å². The van der Waals surface area contributed by atoms with Crippen molar-refractivity contribution in [2.24, 2.45) is 0 Å². The number of hydrogen-bond acceptors (Lipinski definition) is 5. The Morgan fingerprint density at radius 1 is 1.14 bits per heavy atom. The van der Waals surface area contributed by atoms with Gasteiger partial charge in [-0.25, -0.2) is 15.0 Å². The molecule has 4 rings (SSSR count). The van der Waals surface area contributed by atoms with Crippen LogP contribution in [0.15, 0.2) is 55.1 Å². The van der Waals surface area contributed by atoms with Crippen LogP contribution in [0.25, 0.3) is 17.0 Å². The summed E-state index contributed by atoms with van der Waals surface area (Å²) in [5.41, 5.74) is 2.01. The van der Waals surface area contributed by atoms with Crippen molar-refractivity contribution in [1.82, 2.24) is 24.5 Å². The van der Waals surface area contributed by atoms with Gasteiger partial charge in [0.05, 0.1) is 23.8 Å². The highest BCUT2D eigenvalue weighted by Gasteiger charge is 2.23. The summed E-state index contributed by atoms with van der Waals surface area (Å²) >= 11 is 6.23. The Kier molecular flexibility index (Phi) is 4.68. The summed E-state index contributed by atoms with van der Waals surface area (Å²) in [6.07, 6.45) is 4.58. The van der Waals surface area contributed by atoms with Crippen molar-refractivity contribution in [3.63, 3.8) is 0 Å². The van der Waals surface area contributed by atoms with Gasteiger partial charge in [-0.05, 0) is 29.8 Å². The number of hydrogen-bond donors (Lipinski definition) is 0. The third kappa shape index (κ3) is 3.53. The van der Waals surface area contributed by atoms with Crippen molar-refractivity contribution < 1.29 is 9.13 Å². The van der Waals surface area contributed by atoms with E-state index in [4.69, 9.17) is 16.3 Å². The van der Waals surface area contributed by atoms with Gasteiger partial charge in [0, 0.05) is 11.6 Å². The molecule has 8 heteroatoms. The van der Waals surface area contributed by atoms with E-state index in [-0.39, 0.29) is 12.5 Å². The number of ether oxygens (including phenoxy) is 1. The standard InChI is InChI=1S/C20H17ClFN5O/c1-20(2,13-7-8-23-17(22)9-13)11-28-18-14(21)10-24-19(26-18)27-12-25-15-5-3-4-6-16(15)27/h3-10,12H,11H2,1-2H3. The first-order valence-electron chi connectivity index (χ1n) is 8.64. The van der Waals surface area contributed by atoms with E-state index >= 15 is 0 Å². The van der Waals surface area contributed by atoms with Crippen molar-refractivity contribution in [2.75, 3.05) is 6.61 Å². The van der Waals surface area contributed by atoms with Gasteiger partial charge in [0.1, 0.15) is 11.3 Å². The molecule has 0 bridgehead atoms. The molecule has 0 amide bonds. The van der Waals surface area contributed by atoms with E-state index in [0.29, 0.717) is 11.0 Å². The average Bonchev–Trinajstić information content (AvgIpc) is 3.12. The lowest BCUT2D eigenvalue weighted by atomic mass is 9.86. The van der Waals surface area contributed by atoms with E-state index in [9.17, 15) is 4.39 Å².